The third kappa shape index (κ3) is 4.85. The Bertz CT molecular complexity index is 771. The molecule has 0 aliphatic carbocycles. The number of methoxy groups -OCH3 is 1. The van der Waals surface area contributed by atoms with E-state index < -0.39 is 11.9 Å². The van der Waals surface area contributed by atoms with Gasteiger partial charge in [-0.1, -0.05) is 0 Å². The Morgan fingerprint density at radius 2 is 2.04 bits per heavy atom. The van der Waals surface area contributed by atoms with Crippen LogP contribution in [0.2, 0.25) is 0 Å². The smallest absolute Gasteiger partial charge is 0.433 e. The Kier molecular flexibility index (Phi) is 5.79. The zero-order chi connectivity index (χ0) is 19.4. The van der Waals surface area contributed by atoms with Crippen LogP contribution in [0.15, 0.2) is 30.6 Å². The molecule has 1 atom stereocenters. The molecule has 1 aliphatic heterocycles. The molecule has 0 saturated carbocycles. The zero-order valence-electron chi connectivity index (χ0n) is 15.3. The number of ether oxygens (including phenoxy) is 1. The van der Waals surface area contributed by atoms with Gasteiger partial charge in [0.2, 0.25) is 11.8 Å². The number of rotatable bonds is 5. The van der Waals surface area contributed by atoms with Gasteiger partial charge in [0.05, 0.1) is 7.11 Å². The van der Waals surface area contributed by atoms with E-state index in [0.717, 1.165) is 50.3 Å². The number of pyridine rings is 1. The highest BCUT2D eigenvalue weighted by molar-refractivity contribution is 5.32. The highest BCUT2D eigenvalue weighted by atomic mass is 19.4. The quantitative estimate of drug-likeness (QED) is 0.794. The van der Waals surface area contributed by atoms with Crippen LogP contribution in [0.25, 0.3) is 0 Å². The lowest BCUT2D eigenvalue weighted by Gasteiger charge is -2.37. The van der Waals surface area contributed by atoms with Gasteiger partial charge < -0.3 is 9.64 Å². The van der Waals surface area contributed by atoms with Gasteiger partial charge in [-0.05, 0) is 37.1 Å². The summed E-state index contributed by atoms with van der Waals surface area (Å²) < 4.78 is 43.9. The van der Waals surface area contributed by atoms with Gasteiger partial charge in [0.1, 0.15) is 5.69 Å². The highest BCUT2D eigenvalue weighted by Gasteiger charge is 2.34. The van der Waals surface area contributed by atoms with Gasteiger partial charge in [-0.15, -0.1) is 0 Å². The molecule has 0 amide bonds. The summed E-state index contributed by atoms with van der Waals surface area (Å²) in [5.74, 6) is 0.665. The van der Waals surface area contributed by atoms with Crippen molar-refractivity contribution in [2.45, 2.75) is 31.6 Å². The summed E-state index contributed by atoms with van der Waals surface area (Å²) in [6.45, 7) is 2.38. The lowest BCUT2D eigenvalue weighted by molar-refractivity contribution is -0.141. The second kappa shape index (κ2) is 8.08. The zero-order valence-corrected chi connectivity index (χ0v) is 15.3. The summed E-state index contributed by atoms with van der Waals surface area (Å²) in [4.78, 5) is 15.8. The number of hydrogen-bond donors (Lipinski definition) is 0. The van der Waals surface area contributed by atoms with Gasteiger partial charge in [-0.3, -0.25) is 4.90 Å². The van der Waals surface area contributed by atoms with Crippen molar-refractivity contribution in [3.63, 3.8) is 0 Å². The van der Waals surface area contributed by atoms with Gasteiger partial charge in [0.25, 0.3) is 0 Å². The van der Waals surface area contributed by atoms with E-state index in [1.165, 1.54) is 0 Å². The lowest BCUT2D eigenvalue weighted by atomic mass is 10.0. The molecule has 1 aliphatic rings. The highest BCUT2D eigenvalue weighted by Crippen LogP contribution is 2.29. The normalized spacial score (nSPS) is 18.3. The van der Waals surface area contributed by atoms with Crippen molar-refractivity contribution >= 4 is 5.95 Å². The molecule has 3 rings (SSSR count). The number of hydrogen-bond acceptors (Lipinski definition) is 6. The standard InChI is InChI=1S/C18H22F3N5O/c1-25(17-23-8-6-15(24-17)18(19,20)21)14-4-3-9-26(12-14)11-13-5-7-22-16(10-13)27-2/h5-8,10,14H,3-4,9,11-12H2,1-2H3. The summed E-state index contributed by atoms with van der Waals surface area (Å²) in [6, 6.07) is 4.77. The molecule has 1 saturated heterocycles. The van der Waals surface area contributed by atoms with Crippen LogP contribution in [0.3, 0.4) is 0 Å². The molecule has 6 nitrogen and oxygen atoms in total. The average Bonchev–Trinajstić information content (AvgIpc) is 2.67. The Morgan fingerprint density at radius 1 is 1.26 bits per heavy atom. The van der Waals surface area contributed by atoms with Gasteiger partial charge in [-0.2, -0.15) is 13.2 Å². The largest absolute Gasteiger partial charge is 0.481 e. The molecule has 0 radical (unpaired) electrons. The van der Waals surface area contributed by atoms with Gasteiger partial charge in [0.15, 0.2) is 0 Å². The topological polar surface area (TPSA) is 54.4 Å². The van der Waals surface area contributed by atoms with Gasteiger partial charge in [0, 0.05) is 44.6 Å². The number of piperidine rings is 1. The Labute approximate surface area is 156 Å². The van der Waals surface area contributed by atoms with Gasteiger partial charge in [-0.25, -0.2) is 15.0 Å². The maximum atomic E-state index is 12.9. The molecule has 1 unspecified atom stereocenters. The fourth-order valence-electron chi connectivity index (χ4n) is 3.25. The maximum absolute atomic E-state index is 12.9. The van der Waals surface area contributed by atoms with Crippen LogP contribution < -0.4 is 9.64 Å². The molecule has 2 aromatic rings. The monoisotopic (exact) mass is 381 g/mol. The van der Waals surface area contributed by atoms with E-state index in [1.54, 1.807) is 25.3 Å². The van der Waals surface area contributed by atoms with Crippen LogP contribution >= 0.6 is 0 Å². The Hall–Kier alpha value is -2.42. The number of nitrogens with zero attached hydrogens (tertiary/aromatic N) is 5. The van der Waals surface area contributed by atoms with Crippen molar-refractivity contribution in [3.8, 4) is 5.88 Å². The van der Waals surface area contributed by atoms with Crippen LogP contribution in [-0.2, 0) is 12.7 Å². The molecule has 2 aromatic heterocycles. The minimum atomic E-state index is -4.47. The van der Waals surface area contributed by atoms with E-state index in [2.05, 4.69) is 19.9 Å². The molecule has 0 aromatic carbocycles. The van der Waals surface area contributed by atoms with Crippen LogP contribution in [0.4, 0.5) is 19.1 Å². The first-order chi connectivity index (χ1) is 12.9. The van der Waals surface area contributed by atoms with E-state index in [4.69, 9.17) is 4.74 Å². The number of halogens is 3. The third-order valence-corrected chi connectivity index (χ3v) is 4.69. The third-order valence-electron chi connectivity index (χ3n) is 4.69. The fourth-order valence-corrected chi connectivity index (χ4v) is 3.25. The fraction of sp³-hybridized carbons (Fsp3) is 0.500. The van der Waals surface area contributed by atoms with E-state index in [1.807, 2.05) is 12.1 Å². The minimum Gasteiger partial charge on any atom is -0.481 e. The Balaban J connectivity index is 1.68. The first-order valence-corrected chi connectivity index (χ1v) is 8.71. The first-order valence-electron chi connectivity index (χ1n) is 8.71. The molecule has 0 spiro atoms. The Morgan fingerprint density at radius 3 is 2.78 bits per heavy atom. The first kappa shape index (κ1) is 19.3. The molecular formula is C18H22F3N5O. The van der Waals surface area contributed by atoms with Crippen molar-refractivity contribution in [3.05, 3.63) is 41.9 Å². The average molecular weight is 381 g/mol. The molecular weight excluding hydrogens is 359 g/mol. The summed E-state index contributed by atoms with van der Waals surface area (Å²) in [6.07, 6.45) is 0.226. The molecule has 9 heteroatoms. The SMILES string of the molecule is COc1cc(CN2CCCC(N(C)c3nccc(C(F)(F)F)n3)C2)ccn1. The number of anilines is 1. The lowest BCUT2D eigenvalue weighted by Crippen LogP contribution is -2.46. The maximum Gasteiger partial charge on any atom is 0.433 e. The second-order valence-corrected chi connectivity index (χ2v) is 6.59. The van der Waals surface area contributed by atoms with Crippen LogP contribution in [0, 0.1) is 0 Å². The van der Waals surface area contributed by atoms with E-state index in [0.29, 0.717) is 5.88 Å². The predicted molar refractivity (Wildman–Crippen MR) is 94.5 cm³/mol. The molecule has 27 heavy (non-hydrogen) atoms. The van der Waals surface area contributed by atoms with Crippen LogP contribution in [-0.4, -0.2) is 53.1 Å². The van der Waals surface area contributed by atoms with Crippen molar-refractivity contribution in [2.75, 3.05) is 32.1 Å². The molecule has 1 fully saturated rings. The number of alkyl halides is 3. The van der Waals surface area contributed by atoms with Crippen molar-refractivity contribution in [2.24, 2.45) is 0 Å². The molecule has 146 valence electrons. The summed E-state index contributed by atoms with van der Waals surface area (Å²) in [5.41, 5.74) is 0.163. The number of aromatic nitrogens is 3. The predicted octanol–water partition coefficient (Wildman–Crippen LogP) is 3.00. The molecule has 3 heterocycles. The van der Waals surface area contributed by atoms with E-state index >= 15 is 0 Å². The van der Waals surface area contributed by atoms with Crippen molar-refractivity contribution < 1.29 is 17.9 Å². The van der Waals surface area contributed by atoms with Crippen molar-refractivity contribution in [1.29, 1.82) is 0 Å². The number of likely N-dealkylation sites (tertiary alicyclic amines) is 1. The minimum absolute atomic E-state index is 0.0472. The van der Waals surface area contributed by atoms with Crippen molar-refractivity contribution in [1.82, 2.24) is 19.9 Å². The number of likely N-dealkylation sites (N-methyl/N-ethyl adjacent to an activating group) is 1. The second-order valence-electron chi connectivity index (χ2n) is 6.59. The summed E-state index contributed by atoms with van der Waals surface area (Å²) in [7, 11) is 3.33. The van der Waals surface area contributed by atoms with Crippen LogP contribution in [0.5, 0.6) is 5.88 Å². The summed E-state index contributed by atoms with van der Waals surface area (Å²) in [5, 5.41) is 0. The van der Waals surface area contributed by atoms with Gasteiger partial charge >= 0.3 is 6.18 Å². The van der Waals surface area contributed by atoms with E-state index in [-0.39, 0.29) is 12.0 Å². The summed E-state index contributed by atoms with van der Waals surface area (Å²) >= 11 is 0. The molecule has 0 N–H and O–H groups in total. The van der Waals surface area contributed by atoms with Crippen LogP contribution in [0.1, 0.15) is 24.1 Å². The molecule has 0 bridgehead atoms. The van der Waals surface area contributed by atoms with E-state index in [9.17, 15) is 13.2 Å².